The molecule has 43 heavy (non-hydrogen) atoms. The van der Waals surface area contributed by atoms with Crippen LogP contribution in [0.15, 0.2) is 18.2 Å². The normalized spacial score (nSPS) is 20.3. The summed E-state index contributed by atoms with van der Waals surface area (Å²) in [5.74, 6) is -0.839. The number of carboxylic acids is 1. The van der Waals surface area contributed by atoms with E-state index in [9.17, 15) is 27.5 Å². The van der Waals surface area contributed by atoms with E-state index >= 15 is 0 Å². The molecule has 236 valence electrons. The molecule has 0 radical (unpaired) electrons. The lowest BCUT2D eigenvalue weighted by atomic mass is 9.90. The number of aromatic nitrogens is 1. The number of nitrogens with one attached hydrogen (secondary N) is 1. The highest BCUT2D eigenvalue weighted by Gasteiger charge is 2.64. The van der Waals surface area contributed by atoms with Crippen LogP contribution < -0.4 is 14.8 Å². The Hall–Kier alpha value is -3.12. The molecular formula is C31H39F4N3O5. The van der Waals surface area contributed by atoms with Crippen LogP contribution in [0.5, 0.6) is 11.5 Å². The molecule has 1 saturated carbocycles. The Bertz CT molecular complexity index is 1300. The maximum absolute atomic E-state index is 15.0. The van der Waals surface area contributed by atoms with Gasteiger partial charge in [-0.25, -0.2) is 9.37 Å². The van der Waals surface area contributed by atoms with Gasteiger partial charge >= 0.3 is 12.1 Å². The summed E-state index contributed by atoms with van der Waals surface area (Å²) < 4.78 is 73.2. The van der Waals surface area contributed by atoms with Crippen LogP contribution in [0.2, 0.25) is 0 Å². The second-order valence-corrected chi connectivity index (χ2v) is 11.7. The number of methoxy groups -OCH3 is 2. The number of ether oxygens (including phenoxy) is 3. The first-order valence-corrected chi connectivity index (χ1v) is 14.9. The average molecular weight is 610 g/mol. The smallest absolute Gasteiger partial charge is 0.398 e. The summed E-state index contributed by atoms with van der Waals surface area (Å²) in [4.78, 5) is 18.8. The molecule has 1 saturated heterocycles. The van der Waals surface area contributed by atoms with Gasteiger partial charge in [-0.05, 0) is 69.1 Å². The van der Waals surface area contributed by atoms with Crippen molar-refractivity contribution in [2.75, 3.05) is 45.8 Å². The number of benzene rings is 1. The van der Waals surface area contributed by atoms with E-state index in [1.54, 1.807) is 12.0 Å². The fourth-order valence-corrected chi connectivity index (χ4v) is 6.38. The van der Waals surface area contributed by atoms with Gasteiger partial charge in [-0.15, -0.1) is 0 Å². The van der Waals surface area contributed by atoms with Crippen molar-refractivity contribution in [3.63, 3.8) is 0 Å². The van der Waals surface area contributed by atoms with Crippen LogP contribution in [-0.4, -0.2) is 73.7 Å². The van der Waals surface area contributed by atoms with E-state index in [-0.39, 0.29) is 42.4 Å². The molecule has 0 spiro atoms. The van der Waals surface area contributed by atoms with E-state index in [4.69, 9.17) is 19.2 Å². The molecule has 1 aromatic carbocycles. The Morgan fingerprint density at radius 3 is 2.65 bits per heavy atom. The summed E-state index contributed by atoms with van der Waals surface area (Å²) >= 11 is 0. The lowest BCUT2D eigenvalue weighted by Crippen LogP contribution is -2.35. The quantitative estimate of drug-likeness (QED) is 0.217. The second-order valence-electron chi connectivity index (χ2n) is 11.7. The van der Waals surface area contributed by atoms with E-state index in [2.05, 4.69) is 5.32 Å². The number of fused-ring (bicyclic) bond motifs is 1. The number of rotatable bonds is 13. The Kier molecular flexibility index (Phi) is 9.36. The number of hydrogen-bond donors (Lipinski definition) is 2. The summed E-state index contributed by atoms with van der Waals surface area (Å²) in [6.07, 6.45) is 0.955. The molecule has 2 aromatic rings. The minimum atomic E-state index is -4.56. The first-order chi connectivity index (χ1) is 20.6. The third-order valence-electron chi connectivity index (χ3n) is 8.87. The number of hydrogen-bond acceptors (Lipinski definition) is 7. The van der Waals surface area contributed by atoms with Crippen molar-refractivity contribution >= 4 is 11.8 Å². The van der Waals surface area contributed by atoms with Crippen molar-refractivity contribution in [1.82, 2.24) is 9.88 Å². The Morgan fingerprint density at radius 2 is 1.98 bits per heavy atom. The molecule has 0 bridgehead atoms. The predicted octanol–water partition coefficient (Wildman–Crippen LogP) is 5.82. The maximum atomic E-state index is 15.0. The maximum Gasteiger partial charge on any atom is 0.398 e. The number of nitrogens with zero attached hydrogens (tertiary/aromatic N) is 2. The fraction of sp³-hybridized carbons (Fsp3) is 0.613. The first-order valence-electron chi connectivity index (χ1n) is 14.9. The molecule has 3 heterocycles. The number of aryl methyl sites for hydroxylation is 1. The third kappa shape index (κ3) is 6.55. The monoisotopic (exact) mass is 609 g/mol. The molecule has 12 heteroatoms. The highest BCUT2D eigenvalue weighted by atomic mass is 19.4. The lowest BCUT2D eigenvalue weighted by Gasteiger charge is -2.28. The number of anilines is 1. The number of likely N-dealkylation sites (tertiary alicyclic amines) is 1. The molecule has 1 aliphatic carbocycles. The average Bonchev–Trinajstić information content (AvgIpc) is 3.68. The van der Waals surface area contributed by atoms with Crippen molar-refractivity contribution in [2.45, 2.75) is 81.5 Å². The minimum absolute atomic E-state index is 0.108. The molecule has 2 atom stereocenters. The topological polar surface area (TPSA) is 93.2 Å². The van der Waals surface area contributed by atoms with Crippen LogP contribution in [0.3, 0.4) is 0 Å². The number of alkyl halides is 3. The molecule has 2 aliphatic heterocycles. The van der Waals surface area contributed by atoms with E-state index < -0.39 is 29.4 Å². The number of unbranched alkanes of at least 4 members (excludes halogenated alkanes) is 2. The summed E-state index contributed by atoms with van der Waals surface area (Å²) in [6, 6.07) is 2.64. The largest absolute Gasteiger partial charge is 0.496 e. The Balaban J connectivity index is 1.15. The zero-order valence-electron chi connectivity index (χ0n) is 24.6. The van der Waals surface area contributed by atoms with Gasteiger partial charge < -0.3 is 24.6 Å². The van der Waals surface area contributed by atoms with Gasteiger partial charge in [0.1, 0.15) is 17.6 Å². The number of pyridine rings is 1. The standard InChI is InChI=1S/C31H39F4N3O5/c1-41-25-17-20(37-28-22(25)8-6-12-36-28)7-4-3-5-14-43-21-9-13-38(18-21)26(29(39)40)23-15-19(16-24(32)27(23)42-2)30(10-11-30)31(33,34)35/h15-17,21,26H,3-14,18H2,1-2H3,(H,36,37)(H,39,40)/t21-,26?/m1/s1. The summed E-state index contributed by atoms with van der Waals surface area (Å²) in [5, 5.41) is 13.5. The zero-order valence-corrected chi connectivity index (χ0v) is 24.6. The molecule has 1 aromatic heterocycles. The van der Waals surface area contributed by atoms with Crippen LogP contribution in [0.25, 0.3) is 0 Å². The Morgan fingerprint density at radius 1 is 1.19 bits per heavy atom. The van der Waals surface area contributed by atoms with Crippen LogP contribution in [-0.2, 0) is 27.8 Å². The van der Waals surface area contributed by atoms with Gasteiger partial charge in [0.15, 0.2) is 11.6 Å². The van der Waals surface area contributed by atoms with Crippen molar-refractivity contribution in [3.05, 3.63) is 46.4 Å². The molecule has 5 rings (SSSR count). The molecule has 0 amide bonds. The number of halogens is 4. The molecule has 3 aliphatic rings. The van der Waals surface area contributed by atoms with Gasteiger partial charge in [-0.3, -0.25) is 9.69 Å². The number of aliphatic carboxylic acids is 1. The summed E-state index contributed by atoms with van der Waals surface area (Å²) in [6.45, 7) is 2.02. The SMILES string of the molecule is COc1cc(CCCCCO[C@@H]2CCN(C(C(=O)O)c3cc(C4(C(F)(F)F)CC4)cc(F)c3OC)C2)nc2c1CCCN2. The highest BCUT2D eigenvalue weighted by Crippen LogP contribution is 2.59. The van der Waals surface area contributed by atoms with Crippen LogP contribution in [0.4, 0.5) is 23.4 Å². The highest BCUT2D eigenvalue weighted by molar-refractivity contribution is 5.77. The van der Waals surface area contributed by atoms with Crippen molar-refractivity contribution < 1.29 is 41.7 Å². The van der Waals surface area contributed by atoms with Gasteiger partial charge in [-0.2, -0.15) is 13.2 Å². The second kappa shape index (κ2) is 12.9. The number of carbonyl (C=O) groups is 1. The van der Waals surface area contributed by atoms with Crippen molar-refractivity contribution in [2.24, 2.45) is 0 Å². The van der Waals surface area contributed by atoms with Gasteiger partial charge in [0, 0.05) is 49.1 Å². The van der Waals surface area contributed by atoms with E-state index in [1.807, 2.05) is 6.07 Å². The third-order valence-corrected chi connectivity index (χ3v) is 8.87. The number of carboxylic acid groups (broad SMARTS) is 1. The molecule has 2 N–H and O–H groups in total. The molecule has 8 nitrogen and oxygen atoms in total. The predicted molar refractivity (Wildman–Crippen MR) is 151 cm³/mol. The first kappa shape index (κ1) is 31.3. The summed E-state index contributed by atoms with van der Waals surface area (Å²) in [7, 11) is 2.86. The van der Waals surface area contributed by atoms with Crippen LogP contribution in [0.1, 0.15) is 73.4 Å². The van der Waals surface area contributed by atoms with E-state index in [1.165, 1.54) is 13.2 Å². The summed E-state index contributed by atoms with van der Waals surface area (Å²) in [5.41, 5.74) is -0.398. The zero-order chi connectivity index (χ0) is 30.8. The van der Waals surface area contributed by atoms with Gasteiger partial charge in [-0.1, -0.05) is 6.42 Å². The van der Waals surface area contributed by atoms with Crippen molar-refractivity contribution in [1.29, 1.82) is 0 Å². The van der Waals surface area contributed by atoms with Gasteiger partial charge in [0.05, 0.1) is 25.7 Å². The van der Waals surface area contributed by atoms with E-state index in [0.29, 0.717) is 19.6 Å². The van der Waals surface area contributed by atoms with Gasteiger partial charge in [0.2, 0.25) is 0 Å². The Labute approximate surface area is 248 Å². The molecule has 1 unspecified atom stereocenters. The van der Waals surface area contributed by atoms with Crippen LogP contribution >= 0.6 is 0 Å². The lowest BCUT2D eigenvalue weighted by molar-refractivity contribution is -0.160. The van der Waals surface area contributed by atoms with Crippen LogP contribution in [0, 0.1) is 5.82 Å². The van der Waals surface area contributed by atoms with Crippen molar-refractivity contribution in [3.8, 4) is 11.5 Å². The minimum Gasteiger partial charge on any atom is -0.496 e. The van der Waals surface area contributed by atoms with Gasteiger partial charge in [0.25, 0.3) is 0 Å². The van der Waals surface area contributed by atoms with E-state index in [0.717, 1.165) is 74.0 Å². The molecule has 2 fully saturated rings. The fourth-order valence-electron chi connectivity index (χ4n) is 6.38. The molecular weight excluding hydrogens is 570 g/mol.